The second-order valence-corrected chi connectivity index (χ2v) is 14.9. The number of rotatable bonds is 33. The summed E-state index contributed by atoms with van der Waals surface area (Å²) >= 11 is 6.30. The predicted molar refractivity (Wildman–Crippen MR) is 173 cm³/mol. The Kier molecular flexibility index (Phi) is 31.1. The summed E-state index contributed by atoms with van der Waals surface area (Å²) in [5.74, 6) is 0. The molecule has 0 heterocycles. The Morgan fingerprint density at radius 2 is 0.525 bits per heavy atom. The van der Waals surface area contributed by atoms with Crippen LogP contribution in [-0.2, 0) is 27.2 Å². The van der Waals surface area contributed by atoms with Crippen molar-refractivity contribution in [1.82, 2.24) is 0 Å². The monoisotopic (exact) mass is 742 g/mol. The second-order valence-electron chi connectivity index (χ2n) is 10.4. The minimum Gasteiger partial charge on any atom is -0.302 e. The molecule has 2 atom stereocenters. The number of hydrogen-bond acceptors (Lipinski definition) is 6. The molecular formula is C28H58Br2O8P2. The molecule has 2 unspecified atom stereocenters. The van der Waals surface area contributed by atoms with Gasteiger partial charge in [-0.25, -0.2) is 9.13 Å². The van der Waals surface area contributed by atoms with Gasteiger partial charge in [0.05, 0.1) is 26.4 Å². The first-order chi connectivity index (χ1) is 19.3. The summed E-state index contributed by atoms with van der Waals surface area (Å²) in [5.41, 5.74) is 0. The first-order valence-corrected chi connectivity index (χ1v) is 20.9. The first kappa shape index (κ1) is 41.2. The molecule has 0 aliphatic rings. The summed E-state index contributed by atoms with van der Waals surface area (Å²) in [4.78, 5) is 18.9. The van der Waals surface area contributed by atoms with E-state index in [1.165, 1.54) is 103 Å². The van der Waals surface area contributed by atoms with Crippen LogP contribution in [0.2, 0.25) is 0 Å². The van der Waals surface area contributed by atoms with Gasteiger partial charge in [0, 0.05) is 10.7 Å². The molecule has 0 aliphatic heterocycles. The number of phosphoric ester groups is 2. The fourth-order valence-corrected chi connectivity index (χ4v) is 6.81. The molecule has 40 heavy (non-hydrogen) atoms. The maximum Gasteiger partial charge on any atom is 0.472 e. The molecule has 8 nitrogen and oxygen atoms in total. The van der Waals surface area contributed by atoms with Gasteiger partial charge in [0.1, 0.15) is 0 Å². The summed E-state index contributed by atoms with van der Waals surface area (Å²) in [6, 6.07) is 0. The highest BCUT2D eigenvalue weighted by Crippen LogP contribution is 2.43. The van der Waals surface area contributed by atoms with E-state index in [2.05, 4.69) is 31.9 Å². The van der Waals surface area contributed by atoms with Crippen molar-refractivity contribution in [3.8, 4) is 0 Å². The van der Waals surface area contributed by atoms with Crippen molar-refractivity contribution in [2.24, 2.45) is 0 Å². The summed E-state index contributed by atoms with van der Waals surface area (Å²) < 4.78 is 42.5. The van der Waals surface area contributed by atoms with Crippen molar-refractivity contribution in [3.63, 3.8) is 0 Å². The fraction of sp³-hybridized carbons (Fsp3) is 1.00. The van der Waals surface area contributed by atoms with Crippen LogP contribution in [-0.4, -0.2) is 46.9 Å². The summed E-state index contributed by atoms with van der Waals surface area (Å²) in [5, 5.41) is 1.03. The highest BCUT2D eigenvalue weighted by atomic mass is 79.9. The standard InChI is InChI=1S/C28H58Br2O8P2/c29-23-27-37-39(31,32)35-25-21-19-17-15-13-11-9-7-5-3-1-2-4-6-8-10-12-14-16-18-20-22-26-36-40(33,34)38-28-24-30/h1-28H2,(H,31,32)(H,33,34). The molecule has 0 saturated carbocycles. The van der Waals surface area contributed by atoms with Crippen LogP contribution in [0, 0.1) is 0 Å². The zero-order valence-corrected chi connectivity index (χ0v) is 29.8. The number of hydrogen-bond donors (Lipinski definition) is 2. The lowest BCUT2D eigenvalue weighted by Crippen LogP contribution is -1.99. The van der Waals surface area contributed by atoms with Crippen LogP contribution < -0.4 is 0 Å². The molecule has 0 aromatic carbocycles. The minimum absolute atomic E-state index is 0.173. The molecular weight excluding hydrogens is 686 g/mol. The smallest absolute Gasteiger partial charge is 0.302 e. The first-order valence-electron chi connectivity index (χ1n) is 15.7. The SMILES string of the molecule is O=P(O)(OCCBr)OCCCCCCCCCCCCCCCCCCCCCCCCOP(=O)(O)OCCBr. The van der Waals surface area contributed by atoms with E-state index in [9.17, 15) is 18.9 Å². The average Bonchev–Trinajstić information content (AvgIpc) is 2.92. The molecule has 0 rings (SSSR count). The van der Waals surface area contributed by atoms with Crippen molar-refractivity contribution in [3.05, 3.63) is 0 Å². The highest BCUT2D eigenvalue weighted by molar-refractivity contribution is 9.09. The van der Waals surface area contributed by atoms with E-state index < -0.39 is 15.6 Å². The van der Waals surface area contributed by atoms with Crippen LogP contribution in [0.15, 0.2) is 0 Å². The van der Waals surface area contributed by atoms with Crippen molar-refractivity contribution in [2.45, 2.75) is 141 Å². The third kappa shape index (κ3) is 32.1. The van der Waals surface area contributed by atoms with Gasteiger partial charge in [0.2, 0.25) is 0 Å². The lowest BCUT2D eigenvalue weighted by atomic mass is 10.0. The van der Waals surface area contributed by atoms with E-state index in [-0.39, 0.29) is 26.4 Å². The van der Waals surface area contributed by atoms with Crippen LogP contribution >= 0.6 is 47.5 Å². The third-order valence-corrected chi connectivity index (χ3v) is 9.39. The van der Waals surface area contributed by atoms with E-state index in [4.69, 9.17) is 18.1 Å². The van der Waals surface area contributed by atoms with Gasteiger partial charge in [-0.05, 0) is 12.8 Å². The van der Waals surface area contributed by atoms with Gasteiger partial charge in [-0.3, -0.25) is 18.1 Å². The van der Waals surface area contributed by atoms with Crippen molar-refractivity contribution in [1.29, 1.82) is 0 Å². The van der Waals surface area contributed by atoms with E-state index in [1.54, 1.807) is 0 Å². The molecule has 12 heteroatoms. The van der Waals surface area contributed by atoms with Gasteiger partial charge in [-0.2, -0.15) is 0 Å². The molecule has 2 N–H and O–H groups in total. The van der Waals surface area contributed by atoms with Crippen LogP contribution in [0.4, 0.5) is 0 Å². The Morgan fingerprint density at radius 3 is 0.725 bits per heavy atom. The predicted octanol–water partition coefficient (Wildman–Crippen LogP) is 10.6. The van der Waals surface area contributed by atoms with Crippen LogP contribution in [0.25, 0.3) is 0 Å². The number of phosphoric acid groups is 2. The zero-order valence-electron chi connectivity index (χ0n) is 24.8. The topological polar surface area (TPSA) is 112 Å². The molecule has 0 bridgehead atoms. The Balaban J connectivity index is 3.19. The molecule has 0 fully saturated rings. The number of alkyl halides is 2. The van der Waals surface area contributed by atoms with Gasteiger partial charge in [0.25, 0.3) is 0 Å². The third-order valence-electron chi connectivity index (χ3n) is 6.71. The van der Waals surface area contributed by atoms with Crippen molar-refractivity contribution >= 4 is 47.5 Å². The Bertz CT molecular complexity index is 579. The maximum atomic E-state index is 11.5. The van der Waals surface area contributed by atoms with Crippen molar-refractivity contribution in [2.75, 3.05) is 37.1 Å². The van der Waals surface area contributed by atoms with Crippen molar-refractivity contribution < 1.29 is 37.0 Å². The largest absolute Gasteiger partial charge is 0.472 e. The lowest BCUT2D eigenvalue weighted by Gasteiger charge is -2.11. The van der Waals surface area contributed by atoms with E-state index in [1.807, 2.05) is 0 Å². The lowest BCUT2D eigenvalue weighted by molar-refractivity contribution is 0.152. The normalized spacial score (nSPS) is 14.8. The molecule has 0 spiro atoms. The summed E-state index contributed by atoms with van der Waals surface area (Å²) in [6.07, 6.45) is 27.3. The minimum atomic E-state index is -3.86. The highest BCUT2D eigenvalue weighted by Gasteiger charge is 2.20. The maximum absolute atomic E-state index is 11.5. The van der Waals surface area contributed by atoms with Gasteiger partial charge in [-0.15, -0.1) is 0 Å². The number of unbranched alkanes of at least 4 members (excludes halogenated alkanes) is 21. The summed E-state index contributed by atoms with van der Waals surface area (Å²) in [6.45, 7) is 0.909. The zero-order chi connectivity index (χ0) is 29.6. The summed E-state index contributed by atoms with van der Waals surface area (Å²) in [7, 11) is -7.72. The molecule has 242 valence electrons. The van der Waals surface area contributed by atoms with Gasteiger partial charge in [-0.1, -0.05) is 160 Å². The fourth-order valence-electron chi connectivity index (χ4n) is 4.47. The van der Waals surface area contributed by atoms with Crippen LogP contribution in [0.5, 0.6) is 0 Å². The molecule has 0 aliphatic carbocycles. The molecule has 0 amide bonds. The quantitative estimate of drug-likeness (QED) is 0.0388. The Hall–Kier alpha value is 1.18. The molecule has 0 aromatic heterocycles. The Morgan fingerprint density at radius 1 is 0.350 bits per heavy atom. The molecule has 0 aromatic rings. The number of halogens is 2. The van der Waals surface area contributed by atoms with Crippen LogP contribution in [0.3, 0.4) is 0 Å². The van der Waals surface area contributed by atoms with Gasteiger partial charge < -0.3 is 9.79 Å². The molecule has 0 saturated heterocycles. The Labute approximate surface area is 261 Å². The van der Waals surface area contributed by atoms with Crippen LogP contribution in [0.1, 0.15) is 141 Å². The van der Waals surface area contributed by atoms with E-state index in [0.717, 1.165) is 38.5 Å². The van der Waals surface area contributed by atoms with Gasteiger partial charge in [0.15, 0.2) is 0 Å². The molecule has 0 radical (unpaired) electrons. The average molecular weight is 745 g/mol. The van der Waals surface area contributed by atoms with E-state index in [0.29, 0.717) is 10.7 Å². The second kappa shape index (κ2) is 30.2. The van der Waals surface area contributed by atoms with Gasteiger partial charge >= 0.3 is 15.6 Å². The van der Waals surface area contributed by atoms with E-state index >= 15 is 0 Å².